The van der Waals surface area contributed by atoms with E-state index < -0.39 is 0 Å². The van der Waals surface area contributed by atoms with Crippen molar-refractivity contribution in [1.82, 2.24) is 15.3 Å². The zero-order valence-electron chi connectivity index (χ0n) is 10.4. The van der Waals surface area contributed by atoms with Gasteiger partial charge in [0.25, 0.3) is 0 Å². The molecule has 2 rings (SSSR count). The quantitative estimate of drug-likeness (QED) is 0.844. The second-order valence-corrected chi connectivity index (χ2v) is 4.09. The first-order valence-electron chi connectivity index (χ1n) is 6.08. The van der Waals surface area contributed by atoms with E-state index >= 15 is 0 Å². The smallest absolute Gasteiger partial charge is 0.145 e. The van der Waals surface area contributed by atoms with E-state index in [1.807, 2.05) is 18.2 Å². The maximum absolute atomic E-state index is 9.27. The fraction of sp³-hybridized carbons (Fsp3) is 0.286. The molecule has 0 aliphatic rings. The molecule has 0 bridgehead atoms. The lowest BCUT2D eigenvalue weighted by atomic mass is 10.1. The summed E-state index contributed by atoms with van der Waals surface area (Å²) < 4.78 is 0. The van der Waals surface area contributed by atoms with Crippen molar-refractivity contribution in [3.63, 3.8) is 0 Å². The molecule has 2 N–H and O–H groups in total. The van der Waals surface area contributed by atoms with Crippen molar-refractivity contribution in [2.24, 2.45) is 0 Å². The van der Waals surface area contributed by atoms with E-state index in [1.165, 1.54) is 0 Å². The Morgan fingerprint density at radius 1 is 1.17 bits per heavy atom. The van der Waals surface area contributed by atoms with Gasteiger partial charge in [-0.3, -0.25) is 0 Å². The lowest BCUT2D eigenvalue weighted by molar-refractivity contribution is 0.474. The second-order valence-electron chi connectivity index (χ2n) is 4.09. The third kappa shape index (κ3) is 3.28. The molecule has 1 atom stereocenters. The molecule has 0 aliphatic heterocycles. The first-order chi connectivity index (χ1) is 8.79. The Morgan fingerprint density at radius 3 is 2.44 bits per heavy atom. The third-order valence-electron chi connectivity index (χ3n) is 2.72. The summed E-state index contributed by atoms with van der Waals surface area (Å²) in [4.78, 5) is 8.58. The number of likely N-dealkylation sites (N-methyl/N-ethyl adjacent to an activating group) is 1. The summed E-state index contributed by atoms with van der Waals surface area (Å²) in [5.74, 6) is 1.09. The van der Waals surface area contributed by atoms with Crippen molar-refractivity contribution in [3.8, 4) is 5.75 Å². The third-order valence-corrected chi connectivity index (χ3v) is 2.72. The average Bonchev–Trinajstić information content (AvgIpc) is 2.42. The number of phenolic OH excluding ortho intramolecular Hbond substituents is 1. The van der Waals surface area contributed by atoms with Crippen molar-refractivity contribution in [3.05, 3.63) is 54.1 Å². The van der Waals surface area contributed by atoms with Gasteiger partial charge < -0.3 is 10.4 Å². The number of phenols is 1. The fourth-order valence-corrected chi connectivity index (χ4v) is 1.86. The molecule has 1 unspecified atom stereocenters. The molecule has 1 aromatic heterocycles. The maximum atomic E-state index is 9.27. The molecule has 0 aliphatic carbocycles. The molecule has 94 valence electrons. The van der Waals surface area contributed by atoms with Gasteiger partial charge >= 0.3 is 0 Å². The maximum Gasteiger partial charge on any atom is 0.145 e. The molecule has 0 fully saturated rings. The topological polar surface area (TPSA) is 58.0 Å². The number of nitrogens with one attached hydrogen (secondary N) is 1. The van der Waals surface area contributed by atoms with Crippen LogP contribution in [0.4, 0.5) is 0 Å². The Bertz CT molecular complexity index is 470. The Labute approximate surface area is 107 Å². The normalized spacial score (nSPS) is 12.3. The molecule has 0 saturated carbocycles. The minimum atomic E-state index is 0.0979. The molecule has 1 heterocycles. The number of rotatable bonds is 5. The monoisotopic (exact) mass is 243 g/mol. The highest BCUT2D eigenvalue weighted by molar-refractivity contribution is 5.26. The van der Waals surface area contributed by atoms with Crippen molar-refractivity contribution < 1.29 is 5.11 Å². The lowest BCUT2D eigenvalue weighted by Crippen LogP contribution is -2.24. The fourth-order valence-electron chi connectivity index (χ4n) is 1.86. The lowest BCUT2D eigenvalue weighted by Gasteiger charge is -2.16. The van der Waals surface area contributed by atoms with E-state index in [0.717, 1.165) is 24.4 Å². The molecule has 0 spiro atoms. The summed E-state index contributed by atoms with van der Waals surface area (Å²) in [7, 11) is 0. The van der Waals surface area contributed by atoms with Crippen molar-refractivity contribution in [2.75, 3.05) is 6.54 Å². The predicted molar refractivity (Wildman–Crippen MR) is 70.3 cm³/mol. The molecule has 4 heteroatoms. The van der Waals surface area contributed by atoms with Crippen LogP contribution in [0.3, 0.4) is 0 Å². The first-order valence-corrected chi connectivity index (χ1v) is 6.08. The molecule has 0 amide bonds. The van der Waals surface area contributed by atoms with Crippen LogP contribution in [-0.4, -0.2) is 21.6 Å². The van der Waals surface area contributed by atoms with Gasteiger partial charge in [-0.25, -0.2) is 9.97 Å². The van der Waals surface area contributed by atoms with Crippen molar-refractivity contribution >= 4 is 0 Å². The first kappa shape index (κ1) is 12.5. The minimum absolute atomic E-state index is 0.0979. The predicted octanol–water partition coefficient (Wildman–Crippen LogP) is 2.08. The van der Waals surface area contributed by atoms with Crippen LogP contribution in [0.25, 0.3) is 0 Å². The van der Waals surface area contributed by atoms with Crippen LogP contribution in [0.5, 0.6) is 5.75 Å². The van der Waals surface area contributed by atoms with Gasteiger partial charge in [0.05, 0.1) is 6.04 Å². The molecular formula is C14H17N3O. The number of aromatic hydroxyl groups is 1. The van der Waals surface area contributed by atoms with Crippen LogP contribution in [0.2, 0.25) is 0 Å². The van der Waals surface area contributed by atoms with Gasteiger partial charge in [0, 0.05) is 12.4 Å². The standard InChI is InChI=1S/C14H17N3O/c1-2-15-13(14-16-8-3-9-17-14)10-11-4-6-12(18)7-5-11/h3-9,13,15,18H,2,10H2,1H3. The summed E-state index contributed by atoms with van der Waals surface area (Å²) in [6, 6.07) is 9.15. The molecule has 4 nitrogen and oxygen atoms in total. The Kier molecular flexibility index (Phi) is 4.25. The van der Waals surface area contributed by atoms with Crippen LogP contribution in [-0.2, 0) is 6.42 Å². The molecule has 1 aromatic carbocycles. The van der Waals surface area contributed by atoms with Gasteiger partial charge in [0.2, 0.25) is 0 Å². The summed E-state index contributed by atoms with van der Waals surface area (Å²) in [5, 5.41) is 12.6. The van der Waals surface area contributed by atoms with Gasteiger partial charge in [0.1, 0.15) is 11.6 Å². The molecular weight excluding hydrogens is 226 g/mol. The largest absolute Gasteiger partial charge is 0.508 e. The van der Waals surface area contributed by atoms with Crippen LogP contribution in [0, 0.1) is 0 Å². The van der Waals surface area contributed by atoms with Crippen LogP contribution in [0.1, 0.15) is 24.4 Å². The van der Waals surface area contributed by atoms with E-state index in [2.05, 4.69) is 22.2 Å². The Morgan fingerprint density at radius 2 is 1.83 bits per heavy atom. The number of hydrogen-bond acceptors (Lipinski definition) is 4. The number of aromatic nitrogens is 2. The van der Waals surface area contributed by atoms with Gasteiger partial charge in [0.15, 0.2) is 0 Å². The van der Waals surface area contributed by atoms with E-state index in [9.17, 15) is 5.11 Å². The summed E-state index contributed by atoms with van der Waals surface area (Å²) in [6.45, 7) is 2.92. The highest BCUT2D eigenvalue weighted by Gasteiger charge is 2.13. The highest BCUT2D eigenvalue weighted by atomic mass is 16.3. The molecule has 0 saturated heterocycles. The summed E-state index contributed by atoms with van der Waals surface area (Å²) >= 11 is 0. The van der Waals surface area contributed by atoms with Gasteiger partial charge in [-0.1, -0.05) is 19.1 Å². The van der Waals surface area contributed by atoms with E-state index in [1.54, 1.807) is 24.5 Å². The van der Waals surface area contributed by atoms with E-state index in [4.69, 9.17) is 0 Å². The highest BCUT2D eigenvalue weighted by Crippen LogP contribution is 2.17. The van der Waals surface area contributed by atoms with Gasteiger partial charge in [-0.05, 0) is 36.7 Å². The van der Waals surface area contributed by atoms with Gasteiger partial charge in [-0.2, -0.15) is 0 Å². The number of hydrogen-bond donors (Lipinski definition) is 2. The Balaban J connectivity index is 2.14. The average molecular weight is 243 g/mol. The summed E-state index contributed by atoms with van der Waals surface area (Å²) in [6.07, 6.45) is 4.31. The van der Waals surface area contributed by atoms with Crippen LogP contribution >= 0.6 is 0 Å². The van der Waals surface area contributed by atoms with Crippen LogP contribution < -0.4 is 5.32 Å². The van der Waals surface area contributed by atoms with Crippen molar-refractivity contribution in [2.45, 2.75) is 19.4 Å². The molecule has 18 heavy (non-hydrogen) atoms. The van der Waals surface area contributed by atoms with Crippen molar-refractivity contribution in [1.29, 1.82) is 0 Å². The Hall–Kier alpha value is -1.94. The van der Waals surface area contributed by atoms with Gasteiger partial charge in [-0.15, -0.1) is 0 Å². The van der Waals surface area contributed by atoms with E-state index in [0.29, 0.717) is 0 Å². The summed E-state index contributed by atoms with van der Waals surface area (Å²) in [5.41, 5.74) is 1.14. The molecule has 2 aromatic rings. The zero-order chi connectivity index (χ0) is 12.8. The zero-order valence-corrected chi connectivity index (χ0v) is 10.4. The number of nitrogens with zero attached hydrogens (tertiary/aromatic N) is 2. The number of benzene rings is 1. The minimum Gasteiger partial charge on any atom is -0.508 e. The SMILES string of the molecule is CCNC(Cc1ccc(O)cc1)c1ncccn1. The van der Waals surface area contributed by atoms with Crippen LogP contribution in [0.15, 0.2) is 42.7 Å². The second kappa shape index (κ2) is 6.12. The molecule has 0 radical (unpaired) electrons. The van der Waals surface area contributed by atoms with E-state index in [-0.39, 0.29) is 11.8 Å².